The number of carbonyl (C=O) groups is 1. The molecule has 0 bridgehead atoms. The number of hydrogen-bond acceptors (Lipinski definition) is 7. The van der Waals surface area contributed by atoms with Crippen LogP contribution in [0.15, 0.2) is 30.0 Å². The topological polar surface area (TPSA) is 84.7 Å². The van der Waals surface area contributed by atoms with Gasteiger partial charge in [-0.3, -0.25) is 9.69 Å². The maximum Gasteiger partial charge on any atom is 0.231 e. The standard InChI is InChI=1S/C24H28N2O6/c1-25-7-9-26(10-8-25)14-17-18(27)6-5-16-23(28)22(32-24(16)17)12-15-11-20(30-3)21(31-4)13-19(15)29-2/h5-6,11-13,27H,7-10,14H2,1-4H3/b22-12-. The molecule has 170 valence electrons. The molecule has 1 N–H and O–H groups in total. The van der Waals surface area contributed by atoms with Crippen LogP contribution >= 0.6 is 0 Å². The second-order valence-electron chi connectivity index (χ2n) is 8.04. The van der Waals surface area contributed by atoms with Crippen LogP contribution in [0, 0.1) is 0 Å². The van der Waals surface area contributed by atoms with Gasteiger partial charge < -0.3 is 29.0 Å². The Morgan fingerprint density at radius 1 is 1.06 bits per heavy atom. The van der Waals surface area contributed by atoms with Gasteiger partial charge >= 0.3 is 0 Å². The highest BCUT2D eigenvalue weighted by Gasteiger charge is 2.32. The molecular weight excluding hydrogens is 412 g/mol. The normalized spacial score (nSPS) is 17.9. The van der Waals surface area contributed by atoms with E-state index in [1.807, 2.05) is 0 Å². The molecule has 0 unspecified atom stereocenters. The highest BCUT2D eigenvalue weighted by molar-refractivity contribution is 6.15. The molecule has 4 rings (SSSR count). The van der Waals surface area contributed by atoms with Gasteiger partial charge in [-0.1, -0.05) is 11.8 Å². The number of fused-ring (bicyclic) bond motifs is 1. The minimum atomic E-state index is -0.258. The Balaban J connectivity index is 1.67. The second-order valence-corrected chi connectivity index (χ2v) is 8.04. The summed E-state index contributed by atoms with van der Waals surface area (Å²) in [6.45, 7) is 4.37. The number of Topliss-reactive ketones (excluding diaryl/α,β-unsaturated/α-hetero) is 1. The van der Waals surface area contributed by atoms with Crippen LogP contribution in [0.25, 0.3) is 6.08 Å². The van der Waals surface area contributed by atoms with Crippen molar-refractivity contribution >= 4 is 11.9 Å². The minimum Gasteiger partial charge on any atom is -0.872 e. The number of ether oxygens (including phenoxy) is 4. The van der Waals surface area contributed by atoms with E-state index in [0.29, 0.717) is 46.2 Å². The lowest BCUT2D eigenvalue weighted by molar-refractivity contribution is -0.918. The Hall–Kier alpha value is -3.23. The average Bonchev–Trinajstić information content (AvgIpc) is 3.12. The van der Waals surface area contributed by atoms with E-state index in [0.717, 1.165) is 26.2 Å². The maximum atomic E-state index is 13.1. The summed E-state index contributed by atoms with van der Waals surface area (Å²) in [5.74, 6) is 1.69. The molecule has 0 atom stereocenters. The zero-order chi connectivity index (χ0) is 22.8. The molecule has 0 aliphatic carbocycles. The smallest absolute Gasteiger partial charge is 0.231 e. The predicted molar refractivity (Wildman–Crippen MR) is 117 cm³/mol. The lowest BCUT2D eigenvalue weighted by atomic mass is 10.0. The van der Waals surface area contributed by atoms with Crippen LogP contribution in [-0.4, -0.2) is 65.2 Å². The van der Waals surface area contributed by atoms with Gasteiger partial charge in [-0.25, -0.2) is 0 Å². The van der Waals surface area contributed by atoms with Crippen LogP contribution in [0.2, 0.25) is 0 Å². The van der Waals surface area contributed by atoms with Crippen molar-refractivity contribution in [2.75, 3.05) is 54.6 Å². The van der Waals surface area contributed by atoms with Crippen molar-refractivity contribution in [2.24, 2.45) is 0 Å². The molecule has 1 saturated heterocycles. The number of carbonyl (C=O) groups excluding carboxylic acids is 1. The monoisotopic (exact) mass is 440 g/mol. The summed E-state index contributed by atoms with van der Waals surface area (Å²) in [5, 5.41) is 12.7. The van der Waals surface area contributed by atoms with E-state index in [-0.39, 0.29) is 17.3 Å². The highest BCUT2D eigenvalue weighted by atomic mass is 16.5. The Labute approximate surface area is 187 Å². The Bertz CT molecular complexity index is 1060. The molecule has 32 heavy (non-hydrogen) atoms. The zero-order valence-electron chi connectivity index (χ0n) is 18.8. The summed E-state index contributed by atoms with van der Waals surface area (Å²) in [6, 6.07) is 6.43. The molecule has 0 aromatic heterocycles. The van der Waals surface area contributed by atoms with Crippen molar-refractivity contribution in [1.82, 2.24) is 4.90 Å². The number of hydrogen-bond donors (Lipinski definition) is 1. The van der Waals surface area contributed by atoms with Crippen LogP contribution < -0.4 is 29.0 Å². The van der Waals surface area contributed by atoms with E-state index in [9.17, 15) is 9.90 Å². The van der Waals surface area contributed by atoms with Gasteiger partial charge in [0.25, 0.3) is 0 Å². The van der Waals surface area contributed by atoms with Gasteiger partial charge in [0.1, 0.15) is 18.0 Å². The third-order valence-electron chi connectivity index (χ3n) is 6.04. The number of allylic oxidation sites excluding steroid dienone is 1. The summed E-state index contributed by atoms with van der Waals surface area (Å²) in [6.07, 6.45) is 1.61. The molecule has 8 nitrogen and oxygen atoms in total. The fraction of sp³-hybridized carbons (Fsp3) is 0.375. The third kappa shape index (κ3) is 4.11. The van der Waals surface area contributed by atoms with Crippen LogP contribution in [0.4, 0.5) is 0 Å². The number of ketones is 1. The number of rotatable bonds is 6. The van der Waals surface area contributed by atoms with Crippen molar-refractivity contribution in [3.8, 4) is 28.7 Å². The molecule has 2 aromatic rings. The van der Waals surface area contributed by atoms with Gasteiger partial charge in [-0.15, -0.1) is 0 Å². The molecule has 0 spiro atoms. The van der Waals surface area contributed by atoms with E-state index in [2.05, 4.69) is 11.9 Å². The molecule has 0 radical (unpaired) electrons. The Morgan fingerprint density at radius 2 is 1.72 bits per heavy atom. The minimum absolute atomic E-state index is 0.104. The summed E-state index contributed by atoms with van der Waals surface area (Å²) in [4.78, 5) is 16.7. The van der Waals surface area contributed by atoms with Gasteiger partial charge in [0.15, 0.2) is 17.3 Å². The highest BCUT2D eigenvalue weighted by Crippen LogP contribution is 2.40. The molecule has 2 aliphatic rings. The van der Waals surface area contributed by atoms with Gasteiger partial charge in [0.2, 0.25) is 5.78 Å². The van der Waals surface area contributed by atoms with Gasteiger partial charge in [-0.2, -0.15) is 0 Å². The van der Waals surface area contributed by atoms with Crippen molar-refractivity contribution in [1.29, 1.82) is 0 Å². The average molecular weight is 440 g/mol. The Kier molecular flexibility index (Phi) is 6.25. The van der Waals surface area contributed by atoms with Gasteiger partial charge in [0, 0.05) is 30.3 Å². The number of benzene rings is 2. The van der Waals surface area contributed by atoms with Crippen molar-refractivity contribution < 1.29 is 33.7 Å². The fourth-order valence-electron chi connectivity index (χ4n) is 4.12. The molecular formula is C24H28N2O6. The number of nitrogens with one attached hydrogen (secondary N) is 1. The predicted octanol–water partition coefficient (Wildman–Crippen LogP) is 0.733. The fourth-order valence-corrected chi connectivity index (χ4v) is 4.12. The number of nitrogens with zero attached hydrogens (tertiary/aromatic N) is 1. The molecule has 2 aromatic carbocycles. The van der Waals surface area contributed by atoms with Crippen molar-refractivity contribution in [3.05, 3.63) is 46.7 Å². The van der Waals surface area contributed by atoms with Crippen LogP contribution in [0.5, 0.6) is 28.7 Å². The van der Waals surface area contributed by atoms with Crippen molar-refractivity contribution in [3.63, 3.8) is 0 Å². The SMILES string of the molecule is COc1cc(OC)c(OC)cc1/C=C1\Oc2c(ccc([O-])c2C[NH+]2CCN(C)CC2)C1=O. The van der Waals surface area contributed by atoms with E-state index >= 15 is 0 Å². The second kappa shape index (κ2) is 9.10. The van der Waals surface area contributed by atoms with E-state index in [1.165, 1.54) is 25.2 Å². The van der Waals surface area contributed by atoms with Crippen LogP contribution in [0.3, 0.4) is 0 Å². The van der Waals surface area contributed by atoms with E-state index in [1.54, 1.807) is 31.4 Å². The molecule has 1 fully saturated rings. The molecule has 0 saturated carbocycles. The maximum absolute atomic E-state index is 13.1. The van der Waals surface area contributed by atoms with Gasteiger partial charge in [-0.05, 0) is 25.3 Å². The number of quaternary nitrogens is 1. The molecule has 2 aliphatic heterocycles. The quantitative estimate of drug-likeness (QED) is 0.663. The molecule has 8 heteroatoms. The van der Waals surface area contributed by atoms with Crippen LogP contribution in [0.1, 0.15) is 21.5 Å². The first-order valence-electron chi connectivity index (χ1n) is 10.5. The zero-order valence-corrected chi connectivity index (χ0v) is 18.8. The van der Waals surface area contributed by atoms with E-state index in [4.69, 9.17) is 18.9 Å². The molecule has 0 amide bonds. The van der Waals surface area contributed by atoms with E-state index < -0.39 is 0 Å². The molecule has 2 heterocycles. The first-order valence-corrected chi connectivity index (χ1v) is 10.5. The summed E-state index contributed by atoms with van der Waals surface area (Å²) in [7, 11) is 6.71. The summed E-state index contributed by atoms with van der Waals surface area (Å²) < 4.78 is 22.1. The Morgan fingerprint density at radius 3 is 2.38 bits per heavy atom. The summed E-state index contributed by atoms with van der Waals surface area (Å²) >= 11 is 0. The summed E-state index contributed by atoms with van der Waals surface area (Å²) in [5.41, 5.74) is 1.58. The number of methoxy groups -OCH3 is 3. The number of likely N-dealkylation sites (N-methyl/N-ethyl adjacent to an activating group) is 1. The third-order valence-corrected chi connectivity index (χ3v) is 6.04. The number of piperazine rings is 1. The lowest BCUT2D eigenvalue weighted by Crippen LogP contribution is -3.13. The lowest BCUT2D eigenvalue weighted by Gasteiger charge is -2.30. The largest absolute Gasteiger partial charge is 0.872 e. The van der Waals surface area contributed by atoms with Crippen LogP contribution in [-0.2, 0) is 6.54 Å². The van der Waals surface area contributed by atoms with Crippen molar-refractivity contribution in [2.45, 2.75) is 6.54 Å². The van der Waals surface area contributed by atoms with Gasteiger partial charge in [0.05, 0.1) is 40.0 Å². The first-order chi connectivity index (χ1) is 15.4. The first kappa shape index (κ1) is 22.0.